The number of rotatable bonds is 8. The van der Waals surface area contributed by atoms with Crippen molar-refractivity contribution in [1.29, 1.82) is 0 Å². The zero-order valence-electron chi connectivity index (χ0n) is 7.86. The molecule has 0 unspecified atom stereocenters. The van der Waals surface area contributed by atoms with Crippen molar-refractivity contribution in [3.05, 3.63) is 0 Å². The van der Waals surface area contributed by atoms with Gasteiger partial charge in [0.1, 0.15) is 0 Å². The van der Waals surface area contributed by atoms with Crippen LogP contribution in [0, 0.1) is 0 Å². The maximum atomic E-state index is 3.09. The van der Waals surface area contributed by atoms with Crippen LogP contribution in [-0.4, -0.2) is 12.8 Å². The Hall–Kier alpha value is 0.310. The summed E-state index contributed by atoms with van der Waals surface area (Å²) in [5, 5.41) is 0. The van der Waals surface area contributed by atoms with Gasteiger partial charge >= 0.3 is 0 Å². The molecular weight excluding hydrogens is 154 g/mol. The molecule has 11 heavy (non-hydrogen) atoms. The van der Waals surface area contributed by atoms with Gasteiger partial charge in [-0.15, -0.1) is 0 Å². The highest BCUT2D eigenvalue weighted by atomic mass is 32.2. The van der Waals surface area contributed by atoms with Crippen LogP contribution in [0.3, 0.4) is 0 Å². The Morgan fingerprint density at radius 3 is 2.27 bits per heavy atom. The summed E-state index contributed by atoms with van der Waals surface area (Å²) in [6.07, 6.45) is 8.41. The molecule has 0 aromatic rings. The third-order valence-corrected chi connectivity index (χ3v) is 2.53. The van der Waals surface area contributed by atoms with Crippen LogP contribution in [-0.2, 0) is 0 Å². The quantitative estimate of drug-likeness (QED) is 0.449. The van der Waals surface area contributed by atoms with Crippen LogP contribution in [0.2, 0.25) is 0 Å². The first-order chi connectivity index (χ1) is 5.41. The smallest absolute Gasteiger partial charge is 0.00785 e. The van der Waals surface area contributed by atoms with Gasteiger partial charge in [0.25, 0.3) is 0 Å². The number of hydrogen-bond acceptors (Lipinski definition) is 2. The van der Waals surface area contributed by atoms with Crippen molar-refractivity contribution in [3.8, 4) is 0 Å². The van der Waals surface area contributed by atoms with E-state index < -0.39 is 0 Å². The highest BCUT2D eigenvalue weighted by Crippen LogP contribution is 2.06. The first kappa shape index (κ1) is 11.3. The second kappa shape index (κ2) is 10.3. The van der Waals surface area contributed by atoms with Crippen molar-refractivity contribution in [2.45, 2.75) is 45.4 Å². The fraction of sp³-hybridized carbons (Fsp3) is 1.00. The van der Waals surface area contributed by atoms with Crippen molar-refractivity contribution >= 4 is 11.9 Å². The molecule has 1 nitrogen and oxygen atoms in total. The third-order valence-electron chi connectivity index (χ3n) is 1.74. The fourth-order valence-corrected chi connectivity index (χ4v) is 1.61. The van der Waals surface area contributed by atoms with Crippen LogP contribution in [0.1, 0.15) is 45.4 Å². The zero-order chi connectivity index (χ0) is 8.36. The van der Waals surface area contributed by atoms with Crippen LogP contribution in [0.4, 0.5) is 0 Å². The van der Waals surface area contributed by atoms with Crippen molar-refractivity contribution in [3.63, 3.8) is 0 Å². The lowest BCUT2D eigenvalue weighted by Gasteiger charge is -1.99. The molecule has 0 atom stereocenters. The van der Waals surface area contributed by atoms with E-state index in [4.69, 9.17) is 0 Å². The topological polar surface area (TPSA) is 12.0 Å². The summed E-state index contributed by atoms with van der Waals surface area (Å²) in [5.41, 5.74) is 0. The molecule has 0 aromatic heterocycles. The van der Waals surface area contributed by atoms with E-state index in [1.807, 2.05) is 19.0 Å². The van der Waals surface area contributed by atoms with Crippen LogP contribution >= 0.6 is 11.9 Å². The molecule has 0 bridgehead atoms. The molecule has 0 amide bonds. The Labute approximate surface area is 75.5 Å². The second-order valence-corrected chi connectivity index (χ2v) is 3.93. The first-order valence-electron chi connectivity index (χ1n) is 4.70. The second-order valence-electron chi connectivity index (χ2n) is 2.82. The maximum absolute atomic E-state index is 3.09. The summed E-state index contributed by atoms with van der Waals surface area (Å²) in [7, 11) is 1.99. The fourth-order valence-electron chi connectivity index (χ4n) is 1.06. The lowest BCUT2D eigenvalue weighted by Crippen LogP contribution is -1.93. The molecule has 0 spiro atoms. The van der Waals surface area contributed by atoms with Gasteiger partial charge in [-0.25, -0.2) is 0 Å². The lowest BCUT2D eigenvalue weighted by molar-refractivity contribution is 0.627. The van der Waals surface area contributed by atoms with Crippen molar-refractivity contribution in [2.75, 3.05) is 12.8 Å². The van der Waals surface area contributed by atoms with Crippen molar-refractivity contribution < 1.29 is 0 Å². The van der Waals surface area contributed by atoms with Gasteiger partial charge in [-0.05, 0) is 13.5 Å². The normalized spacial score (nSPS) is 10.4. The Balaban J connectivity index is 2.69. The van der Waals surface area contributed by atoms with Gasteiger partial charge in [-0.2, -0.15) is 0 Å². The number of unbranched alkanes of at least 4 members (excludes halogenated alkanes) is 5. The molecule has 68 valence electrons. The van der Waals surface area contributed by atoms with Gasteiger partial charge in [-0.1, -0.05) is 51.0 Å². The average Bonchev–Trinajstić information content (AvgIpc) is 2.03. The van der Waals surface area contributed by atoms with E-state index in [0.717, 1.165) is 0 Å². The minimum atomic E-state index is 1.27. The molecule has 0 heterocycles. The molecule has 0 saturated heterocycles. The van der Waals surface area contributed by atoms with Gasteiger partial charge in [0, 0.05) is 5.75 Å². The van der Waals surface area contributed by atoms with Crippen molar-refractivity contribution in [2.24, 2.45) is 0 Å². The molecule has 0 aliphatic carbocycles. The lowest BCUT2D eigenvalue weighted by atomic mass is 10.1. The third kappa shape index (κ3) is 10.3. The van der Waals surface area contributed by atoms with Crippen LogP contribution < -0.4 is 4.72 Å². The van der Waals surface area contributed by atoms with Gasteiger partial charge in [-0.3, -0.25) is 4.72 Å². The molecule has 0 aliphatic rings. The summed E-state index contributed by atoms with van der Waals surface area (Å²) in [5.74, 6) is 1.27. The van der Waals surface area contributed by atoms with E-state index in [-0.39, 0.29) is 0 Å². The molecule has 0 rings (SSSR count). The summed E-state index contributed by atoms with van der Waals surface area (Å²) >= 11 is 1.82. The Morgan fingerprint density at radius 1 is 1.00 bits per heavy atom. The van der Waals surface area contributed by atoms with Crippen molar-refractivity contribution in [1.82, 2.24) is 4.72 Å². The largest absolute Gasteiger partial charge is 0.267 e. The average molecular weight is 175 g/mol. The highest BCUT2D eigenvalue weighted by Gasteiger charge is 1.89. The maximum Gasteiger partial charge on any atom is 0.00785 e. The molecule has 0 aliphatic heterocycles. The standard InChI is InChI=1S/C9H21NS/c1-3-4-5-6-7-8-9-11-10-2/h10H,3-9H2,1-2H3. The zero-order valence-corrected chi connectivity index (χ0v) is 8.67. The van der Waals surface area contributed by atoms with E-state index in [9.17, 15) is 0 Å². The highest BCUT2D eigenvalue weighted by molar-refractivity contribution is 7.97. The molecular formula is C9H21NS. The van der Waals surface area contributed by atoms with Gasteiger partial charge in [0.15, 0.2) is 0 Å². The summed E-state index contributed by atoms with van der Waals surface area (Å²) in [6, 6.07) is 0. The molecule has 0 fully saturated rings. The minimum Gasteiger partial charge on any atom is -0.267 e. The van der Waals surface area contributed by atoms with Crippen LogP contribution in [0.25, 0.3) is 0 Å². The predicted molar refractivity (Wildman–Crippen MR) is 54.9 cm³/mol. The van der Waals surface area contributed by atoms with E-state index in [0.29, 0.717) is 0 Å². The minimum absolute atomic E-state index is 1.27. The van der Waals surface area contributed by atoms with Crippen LogP contribution in [0.15, 0.2) is 0 Å². The summed E-state index contributed by atoms with van der Waals surface area (Å²) < 4.78 is 3.09. The molecule has 0 radical (unpaired) electrons. The van der Waals surface area contributed by atoms with Gasteiger partial charge in [0.05, 0.1) is 0 Å². The van der Waals surface area contributed by atoms with Gasteiger partial charge in [0.2, 0.25) is 0 Å². The van der Waals surface area contributed by atoms with Crippen LogP contribution in [0.5, 0.6) is 0 Å². The van der Waals surface area contributed by atoms with E-state index in [2.05, 4.69) is 11.6 Å². The monoisotopic (exact) mass is 175 g/mol. The van der Waals surface area contributed by atoms with E-state index in [1.165, 1.54) is 44.3 Å². The molecule has 0 aromatic carbocycles. The number of hydrogen-bond donors (Lipinski definition) is 1. The number of nitrogens with one attached hydrogen (secondary N) is 1. The molecule has 1 N–H and O–H groups in total. The molecule has 0 saturated carbocycles. The van der Waals surface area contributed by atoms with E-state index >= 15 is 0 Å². The summed E-state index contributed by atoms with van der Waals surface area (Å²) in [4.78, 5) is 0. The SMILES string of the molecule is CCCCCCCCSNC. The first-order valence-corrected chi connectivity index (χ1v) is 5.69. The Bertz CT molecular complexity index is 58.6. The Morgan fingerprint density at radius 2 is 1.64 bits per heavy atom. The van der Waals surface area contributed by atoms with Gasteiger partial charge < -0.3 is 0 Å². The van der Waals surface area contributed by atoms with E-state index in [1.54, 1.807) is 0 Å². The Kier molecular flexibility index (Phi) is 10.6. The summed E-state index contributed by atoms with van der Waals surface area (Å²) in [6.45, 7) is 2.26. The molecule has 2 heteroatoms. The predicted octanol–water partition coefficient (Wildman–Crippen LogP) is 3.21.